The molecule has 3 nitrogen and oxygen atoms in total. The molecule has 0 saturated heterocycles. The number of anilines is 1. The number of benzene rings is 1. The molecule has 0 heterocycles. The van der Waals surface area contributed by atoms with Crippen LogP contribution >= 0.6 is 11.8 Å². The Labute approximate surface area is 113 Å². The third-order valence-electron chi connectivity index (χ3n) is 2.16. The molecule has 4 heteroatoms. The molecular formula is C14H18N2OS. The third kappa shape index (κ3) is 5.74. The highest BCUT2D eigenvalue weighted by Crippen LogP contribution is 2.23. The van der Waals surface area contributed by atoms with E-state index in [9.17, 15) is 4.79 Å². The van der Waals surface area contributed by atoms with Crippen molar-refractivity contribution in [1.82, 2.24) is 0 Å². The highest BCUT2D eigenvalue weighted by atomic mass is 32.2. The number of hydrogen-bond acceptors (Lipinski definition) is 3. The number of nitriles is 1. The minimum atomic E-state index is 0.00274. The second-order valence-corrected chi connectivity index (χ2v) is 6.78. The zero-order chi connectivity index (χ0) is 13.6. The summed E-state index contributed by atoms with van der Waals surface area (Å²) >= 11 is 1.62. The number of carbonyl (C=O) groups is 1. The summed E-state index contributed by atoms with van der Waals surface area (Å²) in [6.45, 7) is 6.25. The summed E-state index contributed by atoms with van der Waals surface area (Å²) < 4.78 is 0.0913. The molecule has 0 fully saturated rings. The molecule has 1 aromatic carbocycles. The lowest BCUT2D eigenvalue weighted by atomic mass is 10.1. The van der Waals surface area contributed by atoms with Crippen LogP contribution in [0.2, 0.25) is 0 Å². The molecule has 1 N–H and O–H groups in total. The first-order chi connectivity index (χ1) is 8.40. The van der Waals surface area contributed by atoms with E-state index in [0.717, 1.165) is 11.3 Å². The van der Waals surface area contributed by atoms with Crippen LogP contribution in [0.15, 0.2) is 24.3 Å². The summed E-state index contributed by atoms with van der Waals surface area (Å²) in [6.07, 6.45) is 0.397. The Morgan fingerprint density at radius 3 is 2.44 bits per heavy atom. The number of rotatable bonds is 4. The first-order valence-corrected chi connectivity index (χ1v) is 6.79. The number of nitrogens with one attached hydrogen (secondary N) is 1. The highest BCUT2D eigenvalue weighted by molar-refractivity contribution is 8.01. The van der Waals surface area contributed by atoms with Gasteiger partial charge in [0.1, 0.15) is 0 Å². The Morgan fingerprint density at radius 2 is 1.94 bits per heavy atom. The number of amides is 1. The normalized spacial score (nSPS) is 10.8. The smallest absolute Gasteiger partial charge is 0.234 e. The Kier molecular flexibility index (Phi) is 5.24. The average Bonchev–Trinajstić information content (AvgIpc) is 2.29. The van der Waals surface area contributed by atoms with Crippen molar-refractivity contribution in [3.05, 3.63) is 29.8 Å². The van der Waals surface area contributed by atoms with Gasteiger partial charge in [-0.2, -0.15) is 5.26 Å². The van der Waals surface area contributed by atoms with Crippen LogP contribution < -0.4 is 5.32 Å². The van der Waals surface area contributed by atoms with Crippen molar-refractivity contribution in [2.75, 3.05) is 11.1 Å². The lowest BCUT2D eigenvalue weighted by Gasteiger charge is -2.17. The zero-order valence-electron chi connectivity index (χ0n) is 11.0. The first kappa shape index (κ1) is 14.6. The van der Waals surface area contributed by atoms with E-state index in [1.165, 1.54) is 0 Å². The number of nitrogens with zero attached hydrogens (tertiary/aromatic N) is 1. The molecule has 0 unspecified atom stereocenters. The molecule has 1 amide bonds. The van der Waals surface area contributed by atoms with E-state index in [-0.39, 0.29) is 10.7 Å². The maximum Gasteiger partial charge on any atom is 0.234 e. The van der Waals surface area contributed by atoms with E-state index in [2.05, 4.69) is 32.2 Å². The molecule has 0 saturated carbocycles. The van der Waals surface area contributed by atoms with Gasteiger partial charge < -0.3 is 5.32 Å². The van der Waals surface area contributed by atoms with E-state index in [0.29, 0.717) is 12.2 Å². The Hall–Kier alpha value is -1.47. The number of carbonyl (C=O) groups excluding carboxylic acids is 1. The molecule has 0 aliphatic rings. The molecule has 0 atom stereocenters. The number of thioether (sulfide) groups is 1. The van der Waals surface area contributed by atoms with Crippen LogP contribution in [0, 0.1) is 11.3 Å². The van der Waals surface area contributed by atoms with E-state index in [1.807, 2.05) is 24.3 Å². The van der Waals surface area contributed by atoms with Crippen LogP contribution in [-0.2, 0) is 11.2 Å². The largest absolute Gasteiger partial charge is 0.325 e. The summed E-state index contributed by atoms with van der Waals surface area (Å²) in [6, 6.07) is 9.46. The van der Waals surface area contributed by atoms with Crippen LogP contribution in [0.3, 0.4) is 0 Å². The van der Waals surface area contributed by atoms with Gasteiger partial charge in [0, 0.05) is 10.4 Å². The summed E-state index contributed by atoms with van der Waals surface area (Å²) in [5.74, 6) is 0.451. The fourth-order valence-corrected chi connectivity index (χ4v) is 1.91. The third-order valence-corrected chi connectivity index (χ3v) is 3.43. The summed E-state index contributed by atoms with van der Waals surface area (Å²) in [5.41, 5.74) is 1.73. The molecular weight excluding hydrogens is 244 g/mol. The van der Waals surface area contributed by atoms with Gasteiger partial charge in [0.2, 0.25) is 5.91 Å². The van der Waals surface area contributed by atoms with E-state index in [4.69, 9.17) is 5.26 Å². The van der Waals surface area contributed by atoms with Gasteiger partial charge >= 0.3 is 0 Å². The van der Waals surface area contributed by atoms with Crippen molar-refractivity contribution in [3.63, 3.8) is 0 Å². The minimum Gasteiger partial charge on any atom is -0.325 e. The molecule has 0 aliphatic carbocycles. The zero-order valence-corrected chi connectivity index (χ0v) is 11.8. The lowest BCUT2D eigenvalue weighted by Crippen LogP contribution is -2.18. The summed E-state index contributed by atoms with van der Waals surface area (Å²) in [5, 5.41) is 11.4. The first-order valence-electron chi connectivity index (χ1n) is 5.80. The lowest BCUT2D eigenvalue weighted by molar-refractivity contribution is -0.113. The summed E-state index contributed by atoms with van der Waals surface area (Å²) in [7, 11) is 0. The second-order valence-electron chi connectivity index (χ2n) is 4.98. The molecule has 0 spiro atoms. The van der Waals surface area contributed by atoms with Crippen molar-refractivity contribution in [2.24, 2.45) is 0 Å². The van der Waals surface area contributed by atoms with Crippen LogP contribution in [0.5, 0.6) is 0 Å². The maximum absolute atomic E-state index is 11.7. The van der Waals surface area contributed by atoms with Gasteiger partial charge in [-0.05, 0) is 17.7 Å². The monoisotopic (exact) mass is 262 g/mol. The number of hydrogen-bond donors (Lipinski definition) is 1. The molecule has 0 aliphatic heterocycles. The van der Waals surface area contributed by atoms with Gasteiger partial charge in [-0.15, -0.1) is 11.8 Å². The van der Waals surface area contributed by atoms with Gasteiger partial charge in [-0.3, -0.25) is 4.79 Å². The van der Waals surface area contributed by atoms with E-state index < -0.39 is 0 Å². The molecule has 18 heavy (non-hydrogen) atoms. The Balaban J connectivity index is 2.47. The quantitative estimate of drug-likeness (QED) is 0.906. The SMILES string of the molecule is CC(C)(C)SCC(=O)Nc1ccc(CC#N)cc1. The molecule has 96 valence electrons. The fraction of sp³-hybridized carbons (Fsp3) is 0.429. The average molecular weight is 262 g/mol. The summed E-state index contributed by atoms with van der Waals surface area (Å²) in [4.78, 5) is 11.7. The molecule has 0 aromatic heterocycles. The van der Waals surface area contributed by atoms with Gasteiger partial charge in [-0.25, -0.2) is 0 Å². The van der Waals surface area contributed by atoms with E-state index in [1.54, 1.807) is 11.8 Å². The Bertz CT molecular complexity index is 440. The second kappa shape index (κ2) is 6.46. The molecule has 1 aromatic rings. The van der Waals surface area contributed by atoms with Crippen molar-refractivity contribution in [3.8, 4) is 6.07 Å². The molecule has 0 radical (unpaired) electrons. The predicted molar refractivity (Wildman–Crippen MR) is 76.6 cm³/mol. The molecule has 0 bridgehead atoms. The molecule has 1 rings (SSSR count). The predicted octanol–water partition coefficient (Wildman–Crippen LogP) is 3.22. The van der Waals surface area contributed by atoms with Crippen LogP contribution in [0.4, 0.5) is 5.69 Å². The van der Waals surface area contributed by atoms with Crippen molar-refractivity contribution in [1.29, 1.82) is 5.26 Å². The van der Waals surface area contributed by atoms with Crippen molar-refractivity contribution < 1.29 is 4.79 Å². The highest BCUT2D eigenvalue weighted by Gasteiger charge is 2.13. The van der Waals surface area contributed by atoms with E-state index >= 15 is 0 Å². The van der Waals surface area contributed by atoms with Crippen molar-refractivity contribution in [2.45, 2.75) is 31.9 Å². The van der Waals surface area contributed by atoms with Crippen LogP contribution in [0.25, 0.3) is 0 Å². The standard InChI is InChI=1S/C14H18N2OS/c1-14(2,3)18-10-13(17)16-12-6-4-11(5-7-12)8-9-15/h4-7H,8,10H2,1-3H3,(H,16,17). The van der Waals surface area contributed by atoms with Crippen LogP contribution in [-0.4, -0.2) is 16.4 Å². The van der Waals surface area contributed by atoms with Crippen molar-refractivity contribution >= 4 is 23.4 Å². The Morgan fingerprint density at radius 1 is 1.33 bits per heavy atom. The van der Waals surface area contributed by atoms with Gasteiger partial charge in [-0.1, -0.05) is 32.9 Å². The van der Waals surface area contributed by atoms with Gasteiger partial charge in [0.25, 0.3) is 0 Å². The topological polar surface area (TPSA) is 52.9 Å². The maximum atomic E-state index is 11.7. The fourth-order valence-electron chi connectivity index (χ4n) is 1.28. The van der Waals surface area contributed by atoms with Crippen LogP contribution in [0.1, 0.15) is 26.3 Å². The minimum absolute atomic E-state index is 0.00274. The van der Waals surface area contributed by atoms with Gasteiger partial charge in [0.15, 0.2) is 0 Å². The van der Waals surface area contributed by atoms with Gasteiger partial charge in [0.05, 0.1) is 18.2 Å².